The van der Waals surface area contributed by atoms with Crippen LogP contribution in [0.25, 0.3) is 0 Å². The van der Waals surface area contributed by atoms with E-state index in [4.69, 9.17) is 0 Å². The lowest BCUT2D eigenvalue weighted by atomic mass is 10.1. The van der Waals surface area contributed by atoms with Crippen LogP contribution in [0.4, 0.5) is 8.78 Å². The minimum Gasteiger partial charge on any atom is -0.491 e. The Labute approximate surface area is 97.8 Å². The van der Waals surface area contributed by atoms with Gasteiger partial charge in [-0.1, -0.05) is 0 Å². The van der Waals surface area contributed by atoms with Crippen molar-refractivity contribution >= 4 is 9.84 Å². The van der Waals surface area contributed by atoms with Gasteiger partial charge in [0, 0.05) is 6.26 Å². The van der Waals surface area contributed by atoms with Crippen LogP contribution in [0.2, 0.25) is 0 Å². The third kappa shape index (κ3) is 3.64. The number of benzene rings is 1. The zero-order valence-corrected chi connectivity index (χ0v) is 10.1. The third-order valence-electron chi connectivity index (χ3n) is 2.07. The summed E-state index contributed by atoms with van der Waals surface area (Å²) in [6.45, 7) is 0. The van der Waals surface area contributed by atoms with Crippen molar-refractivity contribution in [1.82, 2.24) is 0 Å². The fraction of sp³-hybridized carbons (Fsp3) is 0.400. The first kappa shape index (κ1) is 13.9. The number of methoxy groups -OCH3 is 1. The normalized spacial score (nSPS) is 13.5. The van der Waals surface area contributed by atoms with E-state index in [1.165, 1.54) is 0 Å². The molecule has 17 heavy (non-hydrogen) atoms. The average Bonchev–Trinajstić information content (AvgIpc) is 2.14. The summed E-state index contributed by atoms with van der Waals surface area (Å²) in [5, 5.41) is 9.52. The van der Waals surface area contributed by atoms with E-state index in [1.807, 2.05) is 0 Å². The summed E-state index contributed by atoms with van der Waals surface area (Å²) in [6, 6.07) is 1.69. The molecule has 1 aromatic rings. The van der Waals surface area contributed by atoms with Crippen molar-refractivity contribution in [3.63, 3.8) is 0 Å². The van der Waals surface area contributed by atoms with Gasteiger partial charge < -0.3 is 9.84 Å². The van der Waals surface area contributed by atoms with Gasteiger partial charge in [-0.15, -0.1) is 0 Å². The number of sulfone groups is 1. The second kappa shape index (κ2) is 4.97. The fourth-order valence-electron chi connectivity index (χ4n) is 1.35. The van der Waals surface area contributed by atoms with Crippen molar-refractivity contribution in [2.75, 3.05) is 19.1 Å². The molecule has 0 aliphatic heterocycles. The van der Waals surface area contributed by atoms with Crippen LogP contribution >= 0.6 is 0 Å². The summed E-state index contributed by atoms with van der Waals surface area (Å²) in [4.78, 5) is 0. The molecule has 7 heteroatoms. The molecule has 0 amide bonds. The second-order valence-corrected chi connectivity index (χ2v) is 5.81. The number of aliphatic hydroxyl groups excluding tert-OH is 1. The Balaban J connectivity index is 3.08. The van der Waals surface area contributed by atoms with Gasteiger partial charge in [-0.05, 0) is 17.7 Å². The van der Waals surface area contributed by atoms with Gasteiger partial charge in [-0.2, -0.15) is 0 Å². The molecule has 0 aliphatic rings. The smallest absolute Gasteiger partial charge is 0.190 e. The highest BCUT2D eigenvalue weighted by atomic mass is 32.2. The fourth-order valence-corrected chi connectivity index (χ4v) is 2.12. The maximum Gasteiger partial charge on any atom is 0.190 e. The topological polar surface area (TPSA) is 63.6 Å². The van der Waals surface area contributed by atoms with Crippen molar-refractivity contribution in [2.24, 2.45) is 0 Å². The Bertz CT molecular complexity index is 490. The minimum absolute atomic E-state index is 0.147. The van der Waals surface area contributed by atoms with Crippen LogP contribution < -0.4 is 4.74 Å². The molecule has 1 N–H and O–H groups in total. The van der Waals surface area contributed by atoms with Crippen molar-refractivity contribution in [2.45, 2.75) is 6.10 Å². The molecule has 0 aliphatic carbocycles. The van der Waals surface area contributed by atoms with E-state index in [2.05, 4.69) is 4.74 Å². The molecular weight excluding hydrogens is 254 g/mol. The van der Waals surface area contributed by atoms with Gasteiger partial charge in [0.05, 0.1) is 19.0 Å². The summed E-state index contributed by atoms with van der Waals surface area (Å²) in [5.74, 6) is -3.15. The summed E-state index contributed by atoms with van der Waals surface area (Å²) in [6.07, 6.45) is -0.549. The molecular formula is C10H12F2O4S. The number of halogens is 2. The Hall–Kier alpha value is -1.21. The van der Waals surface area contributed by atoms with Crippen molar-refractivity contribution < 1.29 is 27.0 Å². The van der Waals surface area contributed by atoms with Crippen LogP contribution in [0.3, 0.4) is 0 Å². The predicted octanol–water partition coefficient (Wildman–Crippen LogP) is 1.05. The van der Waals surface area contributed by atoms with Gasteiger partial charge in [0.25, 0.3) is 0 Å². The monoisotopic (exact) mass is 266 g/mol. The van der Waals surface area contributed by atoms with Crippen molar-refractivity contribution in [1.29, 1.82) is 0 Å². The summed E-state index contributed by atoms with van der Waals surface area (Å²) >= 11 is 0. The largest absolute Gasteiger partial charge is 0.491 e. The summed E-state index contributed by atoms with van der Waals surface area (Å²) < 4.78 is 52.9. The van der Waals surface area contributed by atoms with Gasteiger partial charge >= 0.3 is 0 Å². The molecule has 0 spiro atoms. The standard InChI is InChI=1S/C10H12F2O4S/c1-16-10-7(11)3-6(4-8(10)12)9(13)5-17(2,14)15/h3-4,9,13H,5H2,1-2H3. The predicted molar refractivity (Wildman–Crippen MR) is 57.6 cm³/mol. The van der Waals surface area contributed by atoms with E-state index in [0.717, 1.165) is 25.5 Å². The maximum atomic E-state index is 13.3. The van der Waals surface area contributed by atoms with Crippen LogP contribution in [0.1, 0.15) is 11.7 Å². The van der Waals surface area contributed by atoms with Crippen molar-refractivity contribution in [3.05, 3.63) is 29.3 Å². The molecule has 0 fully saturated rings. The van der Waals surface area contributed by atoms with Gasteiger partial charge in [0.15, 0.2) is 17.4 Å². The maximum absolute atomic E-state index is 13.3. The van der Waals surface area contributed by atoms with Gasteiger partial charge in [-0.3, -0.25) is 0 Å². The first-order valence-corrected chi connectivity index (χ1v) is 6.69. The Morgan fingerprint density at radius 1 is 1.35 bits per heavy atom. The van der Waals surface area contributed by atoms with Crippen LogP contribution in [-0.2, 0) is 9.84 Å². The second-order valence-electron chi connectivity index (χ2n) is 3.63. The number of rotatable bonds is 4. The Morgan fingerprint density at radius 3 is 2.18 bits per heavy atom. The zero-order valence-electron chi connectivity index (χ0n) is 9.28. The molecule has 96 valence electrons. The molecule has 1 atom stereocenters. The van der Waals surface area contributed by atoms with Crippen LogP contribution in [0, 0.1) is 11.6 Å². The molecule has 0 radical (unpaired) electrons. The summed E-state index contributed by atoms with van der Waals surface area (Å²) in [5.41, 5.74) is -0.147. The van der Waals surface area contributed by atoms with Gasteiger partial charge in [0.2, 0.25) is 0 Å². The van der Waals surface area contributed by atoms with Crippen LogP contribution in [-0.4, -0.2) is 32.6 Å². The lowest BCUT2D eigenvalue weighted by molar-refractivity contribution is 0.200. The van der Waals surface area contributed by atoms with Crippen LogP contribution in [0.15, 0.2) is 12.1 Å². The first-order valence-electron chi connectivity index (χ1n) is 4.63. The Kier molecular flexibility index (Phi) is 4.05. The lowest BCUT2D eigenvalue weighted by Gasteiger charge is -2.11. The quantitative estimate of drug-likeness (QED) is 0.884. The van der Waals surface area contributed by atoms with E-state index in [-0.39, 0.29) is 5.56 Å². The van der Waals surface area contributed by atoms with E-state index in [0.29, 0.717) is 0 Å². The number of aliphatic hydroxyl groups is 1. The van der Waals surface area contributed by atoms with E-state index < -0.39 is 39.1 Å². The molecule has 1 aromatic carbocycles. The molecule has 0 heterocycles. The molecule has 0 aromatic heterocycles. The average molecular weight is 266 g/mol. The number of hydrogen-bond donors (Lipinski definition) is 1. The summed E-state index contributed by atoms with van der Waals surface area (Å²) in [7, 11) is -2.33. The molecule has 0 saturated heterocycles. The lowest BCUT2D eigenvalue weighted by Crippen LogP contribution is -2.13. The highest BCUT2D eigenvalue weighted by molar-refractivity contribution is 7.90. The van der Waals surface area contributed by atoms with Gasteiger partial charge in [0.1, 0.15) is 9.84 Å². The third-order valence-corrected chi connectivity index (χ3v) is 2.99. The Morgan fingerprint density at radius 2 is 1.82 bits per heavy atom. The molecule has 0 saturated carbocycles. The highest BCUT2D eigenvalue weighted by Gasteiger charge is 2.19. The minimum atomic E-state index is -3.44. The molecule has 1 unspecified atom stereocenters. The molecule has 4 nitrogen and oxygen atoms in total. The SMILES string of the molecule is COc1c(F)cc(C(O)CS(C)(=O)=O)cc1F. The van der Waals surface area contributed by atoms with E-state index in [1.54, 1.807) is 0 Å². The first-order chi connectivity index (χ1) is 7.74. The van der Waals surface area contributed by atoms with Crippen LogP contribution in [0.5, 0.6) is 5.75 Å². The molecule has 0 bridgehead atoms. The van der Waals surface area contributed by atoms with E-state index >= 15 is 0 Å². The number of ether oxygens (including phenoxy) is 1. The molecule has 1 rings (SSSR count). The number of hydrogen-bond acceptors (Lipinski definition) is 4. The highest BCUT2D eigenvalue weighted by Crippen LogP contribution is 2.26. The van der Waals surface area contributed by atoms with Crippen molar-refractivity contribution in [3.8, 4) is 5.75 Å². The van der Waals surface area contributed by atoms with E-state index in [9.17, 15) is 22.3 Å². The van der Waals surface area contributed by atoms with Gasteiger partial charge in [-0.25, -0.2) is 17.2 Å². The zero-order chi connectivity index (χ0) is 13.2.